The fraction of sp³-hybridized carbons (Fsp3) is 0.273. The number of aromatic nitrogens is 3. The zero-order valence-corrected chi connectivity index (χ0v) is 12.4. The molecule has 90 valence electrons. The van der Waals surface area contributed by atoms with E-state index in [2.05, 4.69) is 26.0 Å². The first-order valence-corrected chi connectivity index (χ1v) is 6.53. The van der Waals surface area contributed by atoms with E-state index in [9.17, 15) is 0 Å². The second-order valence-electron chi connectivity index (χ2n) is 3.74. The molecule has 0 atom stereocenters. The third-order valence-corrected chi connectivity index (χ3v) is 4.22. The maximum absolute atomic E-state index is 6.10. The van der Waals surface area contributed by atoms with Gasteiger partial charge in [-0.25, -0.2) is 4.98 Å². The fourth-order valence-corrected chi connectivity index (χ4v) is 2.25. The summed E-state index contributed by atoms with van der Waals surface area (Å²) in [5.41, 5.74) is 2.92. The molecule has 0 bridgehead atoms. The van der Waals surface area contributed by atoms with Crippen LogP contribution in [0.1, 0.15) is 17.0 Å². The van der Waals surface area contributed by atoms with Crippen LogP contribution < -0.4 is 0 Å². The summed E-state index contributed by atoms with van der Waals surface area (Å²) in [4.78, 5) is 4.02. The van der Waals surface area contributed by atoms with Crippen molar-refractivity contribution in [2.45, 2.75) is 20.4 Å². The van der Waals surface area contributed by atoms with Crippen molar-refractivity contribution in [2.75, 3.05) is 0 Å². The number of hydrogen-bond donors (Lipinski definition) is 0. The molecule has 2 aromatic heterocycles. The predicted molar refractivity (Wildman–Crippen MR) is 72.8 cm³/mol. The molecule has 0 spiro atoms. The van der Waals surface area contributed by atoms with Crippen LogP contribution >= 0.6 is 39.1 Å². The van der Waals surface area contributed by atoms with Crippen LogP contribution in [0.4, 0.5) is 0 Å². The third-order valence-electron chi connectivity index (χ3n) is 2.51. The Bertz CT molecular complexity index is 566. The average Bonchev–Trinajstić information content (AvgIpc) is 2.50. The Kier molecular flexibility index (Phi) is 3.76. The van der Waals surface area contributed by atoms with Crippen molar-refractivity contribution in [3.63, 3.8) is 0 Å². The second-order valence-corrected chi connectivity index (χ2v) is 5.33. The van der Waals surface area contributed by atoms with E-state index in [1.54, 1.807) is 12.3 Å². The zero-order chi connectivity index (χ0) is 12.6. The number of pyridine rings is 1. The summed E-state index contributed by atoms with van der Waals surface area (Å²) in [7, 11) is 0. The number of nitrogens with zero attached hydrogens (tertiary/aromatic N) is 3. The number of hydrogen-bond acceptors (Lipinski definition) is 2. The van der Waals surface area contributed by atoms with Gasteiger partial charge in [-0.2, -0.15) is 5.10 Å². The molecule has 2 rings (SSSR count). The highest BCUT2D eigenvalue weighted by Gasteiger charge is 2.10. The summed E-state index contributed by atoms with van der Waals surface area (Å²) in [6.07, 6.45) is 1.68. The Labute approximate surface area is 118 Å². The molecular formula is C11H10BrCl2N3. The van der Waals surface area contributed by atoms with Gasteiger partial charge in [-0.15, -0.1) is 0 Å². The van der Waals surface area contributed by atoms with Gasteiger partial charge in [0.15, 0.2) is 0 Å². The van der Waals surface area contributed by atoms with Gasteiger partial charge in [0, 0.05) is 11.8 Å². The van der Waals surface area contributed by atoms with Crippen molar-refractivity contribution in [1.82, 2.24) is 14.8 Å². The minimum atomic E-state index is 0.397. The Morgan fingerprint density at radius 3 is 2.59 bits per heavy atom. The molecule has 0 saturated carbocycles. The Morgan fingerprint density at radius 2 is 2.06 bits per heavy atom. The van der Waals surface area contributed by atoms with Crippen molar-refractivity contribution in [2.24, 2.45) is 0 Å². The normalized spacial score (nSPS) is 10.9. The Balaban J connectivity index is 2.34. The Hall–Kier alpha value is -0.580. The number of aryl methyl sites for hydroxylation is 1. The first-order chi connectivity index (χ1) is 7.99. The standard InChI is InChI=1S/C11H10BrCl2N3/c1-6-11(12)7(2)17(16-6)5-8-4-15-10(14)3-9(8)13/h3-4H,5H2,1-2H3. The van der Waals surface area contributed by atoms with Crippen molar-refractivity contribution < 1.29 is 0 Å². The summed E-state index contributed by atoms with van der Waals surface area (Å²) in [5.74, 6) is 0. The van der Waals surface area contributed by atoms with Gasteiger partial charge in [0.05, 0.1) is 27.4 Å². The van der Waals surface area contributed by atoms with Crippen LogP contribution in [0.2, 0.25) is 10.2 Å². The summed E-state index contributed by atoms with van der Waals surface area (Å²) in [5, 5.41) is 5.42. The van der Waals surface area contributed by atoms with Crippen LogP contribution in [-0.4, -0.2) is 14.8 Å². The average molecular weight is 335 g/mol. The fourth-order valence-electron chi connectivity index (χ4n) is 1.54. The maximum atomic E-state index is 6.10. The van der Waals surface area contributed by atoms with E-state index in [0.29, 0.717) is 16.7 Å². The molecule has 0 amide bonds. The van der Waals surface area contributed by atoms with Gasteiger partial charge in [0.1, 0.15) is 5.15 Å². The molecule has 2 aromatic rings. The lowest BCUT2D eigenvalue weighted by Gasteiger charge is -2.06. The van der Waals surface area contributed by atoms with Crippen LogP contribution in [0.25, 0.3) is 0 Å². The van der Waals surface area contributed by atoms with Crippen LogP contribution in [0.5, 0.6) is 0 Å². The van der Waals surface area contributed by atoms with Crippen LogP contribution in [0.3, 0.4) is 0 Å². The van der Waals surface area contributed by atoms with Crippen molar-refractivity contribution in [3.05, 3.63) is 43.9 Å². The van der Waals surface area contributed by atoms with E-state index in [1.165, 1.54) is 0 Å². The first kappa shape index (κ1) is 12.9. The predicted octanol–water partition coefficient (Wildman–Crippen LogP) is 4.01. The summed E-state index contributed by atoms with van der Waals surface area (Å²) >= 11 is 15.3. The minimum absolute atomic E-state index is 0.397. The Morgan fingerprint density at radius 1 is 1.35 bits per heavy atom. The molecular weight excluding hydrogens is 325 g/mol. The van der Waals surface area contributed by atoms with Gasteiger partial charge >= 0.3 is 0 Å². The van der Waals surface area contributed by atoms with Gasteiger partial charge in [0.25, 0.3) is 0 Å². The number of rotatable bonds is 2. The molecule has 2 heterocycles. The smallest absolute Gasteiger partial charge is 0.130 e. The maximum Gasteiger partial charge on any atom is 0.130 e. The highest BCUT2D eigenvalue weighted by Crippen LogP contribution is 2.23. The lowest BCUT2D eigenvalue weighted by Crippen LogP contribution is -2.05. The van der Waals surface area contributed by atoms with Crippen LogP contribution in [-0.2, 0) is 6.54 Å². The van der Waals surface area contributed by atoms with E-state index in [1.807, 2.05) is 18.5 Å². The van der Waals surface area contributed by atoms with E-state index < -0.39 is 0 Å². The van der Waals surface area contributed by atoms with Gasteiger partial charge < -0.3 is 0 Å². The summed E-state index contributed by atoms with van der Waals surface area (Å²) in [6, 6.07) is 1.64. The molecule has 0 unspecified atom stereocenters. The zero-order valence-electron chi connectivity index (χ0n) is 9.34. The van der Waals surface area contributed by atoms with Crippen molar-refractivity contribution >= 4 is 39.1 Å². The van der Waals surface area contributed by atoms with E-state index in [4.69, 9.17) is 23.2 Å². The largest absolute Gasteiger partial charge is 0.264 e. The monoisotopic (exact) mass is 333 g/mol. The third kappa shape index (κ3) is 2.64. The quantitative estimate of drug-likeness (QED) is 0.777. The number of halogens is 3. The molecule has 0 radical (unpaired) electrons. The molecule has 0 saturated heterocycles. The lowest BCUT2D eigenvalue weighted by molar-refractivity contribution is 0.657. The van der Waals surface area contributed by atoms with Crippen molar-refractivity contribution in [1.29, 1.82) is 0 Å². The minimum Gasteiger partial charge on any atom is -0.264 e. The molecule has 3 nitrogen and oxygen atoms in total. The topological polar surface area (TPSA) is 30.7 Å². The van der Waals surface area contributed by atoms with Crippen LogP contribution in [0, 0.1) is 13.8 Å². The molecule has 0 aliphatic rings. The van der Waals surface area contributed by atoms with E-state index >= 15 is 0 Å². The molecule has 0 aliphatic carbocycles. The molecule has 0 fully saturated rings. The molecule has 0 N–H and O–H groups in total. The second kappa shape index (κ2) is 4.96. The van der Waals surface area contributed by atoms with Gasteiger partial charge in [0.2, 0.25) is 0 Å². The molecule has 17 heavy (non-hydrogen) atoms. The van der Waals surface area contributed by atoms with E-state index in [-0.39, 0.29) is 0 Å². The highest BCUT2D eigenvalue weighted by atomic mass is 79.9. The van der Waals surface area contributed by atoms with Crippen molar-refractivity contribution in [3.8, 4) is 0 Å². The van der Waals surface area contributed by atoms with Gasteiger partial charge in [-0.3, -0.25) is 4.68 Å². The van der Waals surface area contributed by atoms with Crippen LogP contribution in [0.15, 0.2) is 16.7 Å². The SMILES string of the molecule is Cc1nn(Cc2cnc(Cl)cc2Cl)c(C)c1Br. The first-order valence-electron chi connectivity index (χ1n) is 4.98. The lowest BCUT2D eigenvalue weighted by atomic mass is 10.3. The molecule has 0 aliphatic heterocycles. The summed E-state index contributed by atoms with van der Waals surface area (Å²) < 4.78 is 2.91. The van der Waals surface area contributed by atoms with E-state index in [0.717, 1.165) is 21.4 Å². The van der Waals surface area contributed by atoms with Gasteiger partial charge in [-0.05, 0) is 35.8 Å². The molecule has 0 aromatic carbocycles. The summed E-state index contributed by atoms with van der Waals surface area (Å²) in [6.45, 7) is 4.54. The molecule has 6 heteroatoms. The highest BCUT2D eigenvalue weighted by molar-refractivity contribution is 9.10. The van der Waals surface area contributed by atoms with Gasteiger partial charge in [-0.1, -0.05) is 23.2 Å².